The number of piperidine rings is 1. The molecule has 0 aromatic rings. The molecule has 1 N–H and O–H groups in total. The van der Waals surface area contributed by atoms with Crippen LogP contribution in [0.5, 0.6) is 0 Å². The van der Waals surface area contributed by atoms with Crippen LogP contribution in [0.4, 0.5) is 0 Å². The van der Waals surface area contributed by atoms with E-state index in [1.165, 1.54) is 5.57 Å². The second kappa shape index (κ2) is 5.11. The number of allylic oxidation sites excluding steroid dienone is 5. The predicted octanol–water partition coefficient (Wildman–Crippen LogP) is 2.23. The van der Waals surface area contributed by atoms with E-state index in [4.69, 9.17) is 0 Å². The number of likely N-dealkylation sites (tertiary alicyclic amines) is 1. The Balaban J connectivity index is 2.34. The summed E-state index contributed by atoms with van der Waals surface area (Å²) in [6, 6.07) is 0. The molecule has 0 atom stereocenters. The van der Waals surface area contributed by atoms with Crippen molar-refractivity contribution in [1.82, 2.24) is 10.2 Å². The molecule has 2 aliphatic rings. The summed E-state index contributed by atoms with van der Waals surface area (Å²) in [6.07, 6.45) is 9.89. The number of rotatable bonds is 1. The van der Waals surface area contributed by atoms with Gasteiger partial charge >= 0.3 is 0 Å². The molecule has 2 heterocycles. The van der Waals surface area contributed by atoms with Crippen LogP contribution < -0.4 is 5.32 Å². The van der Waals surface area contributed by atoms with E-state index in [2.05, 4.69) is 23.3 Å². The van der Waals surface area contributed by atoms with E-state index in [1.54, 1.807) is 0 Å². The van der Waals surface area contributed by atoms with Gasteiger partial charge in [-0.25, -0.2) is 0 Å². The van der Waals surface area contributed by atoms with Gasteiger partial charge in [0.05, 0.1) is 5.41 Å². The lowest BCUT2D eigenvalue weighted by atomic mass is 9.73. The molecule has 2 aliphatic heterocycles. The second-order valence-corrected chi connectivity index (χ2v) is 5.15. The van der Waals surface area contributed by atoms with Crippen molar-refractivity contribution < 1.29 is 4.79 Å². The van der Waals surface area contributed by atoms with E-state index < -0.39 is 0 Å². The van der Waals surface area contributed by atoms with Crippen molar-refractivity contribution in [3.05, 3.63) is 35.6 Å². The molecule has 1 amide bonds. The minimum absolute atomic E-state index is 0.180. The zero-order valence-electron chi connectivity index (χ0n) is 11.5. The lowest BCUT2D eigenvalue weighted by molar-refractivity contribution is -0.128. The average molecular weight is 246 g/mol. The fraction of sp³-hybridized carbons (Fsp3) is 0.533. The van der Waals surface area contributed by atoms with Crippen molar-refractivity contribution in [2.24, 2.45) is 5.41 Å². The molecular formula is C15H22N2O. The topological polar surface area (TPSA) is 32.3 Å². The van der Waals surface area contributed by atoms with Crippen LogP contribution in [0.15, 0.2) is 35.6 Å². The summed E-state index contributed by atoms with van der Waals surface area (Å²) < 4.78 is 0. The molecule has 3 heteroatoms. The van der Waals surface area contributed by atoms with Gasteiger partial charge in [-0.15, -0.1) is 0 Å². The molecular weight excluding hydrogens is 224 g/mol. The highest BCUT2D eigenvalue weighted by Crippen LogP contribution is 2.45. The molecule has 0 radical (unpaired) electrons. The van der Waals surface area contributed by atoms with Crippen molar-refractivity contribution in [3.8, 4) is 0 Å². The zero-order chi connectivity index (χ0) is 13.2. The van der Waals surface area contributed by atoms with Gasteiger partial charge in [0.2, 0.25) is 5.91 Å². The molecule has 3 nitrogen and oxygen atoms in total. The Hall–Kier alpha value is -1.35. The van der Waals surface area contributed by atoms with Gasteiger partial charge in [-0.05, 0) is 58.5 Å². The summed E-state index contributed by atoms with van der Waals surface area (Å²) in [5.41, 5.74) is 1.87. The monoisotopic (exact) mass is 246 g/mol. The zero-order valence-corrected chi connectivity index (χ0v) is 11.5. The molecule has 0 saturated carbocycles. The van der Waals surface area contributed by atoms with Gasteiger partial charge < -0.3 is 10.2 Å². The van der Waals surface area contributed by atoms with Crippen molar-refractivity contribution in [1.29, 1.82) is 0 Å². The predicted molar refractivity (Wildman–Crippen MR) is 74.0 cm³/mol. The van der Waals surface area contributed by atoms with Gasteiger partial charge in [0.15, 0.2) is 0 Å². The first-order valence-electron chi connectivity index (χ1n) is 6.64. The Morgan fingerprint density at radius 1 is 1.28 bits per heavy atom. The summed E-state index contributed by atoms with van der Waals surface area (Å²) in [5, 5.41) is 3.05. The third-order valence-corrected chi connectivity index (χ3v) is 4.07. The summed E-state index contributed by atoms with van der Waals surface area (Å²) >= 11 is 0. The van der Waals surface area contributed by atoms with Crippen LogP contribution in [0.25, 0.3) is 0 Å². The van der Waals surface area contributed by atoms with E-state index in [9.17, 15) is 4.79 Å². The van der Waals surface area contributed by atoms with Crippen LogP contribution in [0.1, 0.15) is 26.7 Å². The number of carbonyl (C=O) groups excluding carboxylic acids is 1. The smallest absolute Gasteiger partial charge is 0.235 e. The third kappa shape index (κ3) is 2.03. The van der Waals surface area contributed by atoms with Crippen LogP contribution >= 0.6 is 0 Å². The first-order valence-corrected chi connectivity index (χ1v) is 6.64. The Kier molecular flexibility index (Phi) is 3.71. The normalized spacial score (nSPS) is 28.7. The maximum absolute atomic E-state index is 12.4. The average Bonchev–Trinajstić information content (AvgIpc) is 2.63. The van der Waals surface area contributed by atoms with Gasteiger partial charge in [0.25, 0.3) is 0 Å². The van der Waals surface area contributed by atoms with Gasteiger partial charge in [-0.3, -0.25) is 4.79 Å². The standard InChI is InChI=1S/C15H22N2O/c1-4-6-7-13-12(5-2)15(14(18)16-13)8-10-17(3)11-9-15/h4-7H,8-11H2,1-3H3,(H,16,18)/b6-4-,12-5+,13-7+. The van der Waals surface area contributed by atoms with Crippen molar-refractivity contribution in [2.75, 3.05) is 20.1 Å². The largest absolute Gasteiger partial charge is 0.325 e. The second-order valence-electron chi connectivity index (χ2n) is 5.15. The van der Waals surface area contributed by atoms with Gasteiger partial charge in [-0.2, -0.15) is 0 Å². The molecule has 0 unspecified atom stereocenters. The number of hydrogen-bond acceptors (Lipinski definition) is 2. The maximum atomic E-state index is 12.4. The number of amides is 1. The molecule has 2 saturated heterocycles. The Morgan fingerprint density at radius 3 is 2.50 bits per heavy atom. The fourth-order valence-electron chi connectivity index (χ4n) is 2.94. The SMILES string of the molecule is C\C=C/C=C1/NC(=O)C2(CCN(C)CC2)/C1=C/C. The van der Waals surface area contributed by atoms with Crippen molar-refractivity contribution in [2.45, 2.75) is 26.7 Å². The summed E-state index contributed by atoms with van der Waals surface area (Å²) in [4.78, 5) is 14.7. The molecule has 98 valence electrons. The van der Waals surface area contributed by atoms with Crippen LogP contribution in [-0.4, -0.2) is 30.9 Å². The molecule has 0 aliphatic carbocycles. The molecule has 2 fully saturated rings. The van der Waals surface area contributed by atoms with E-state index >= 15 is 0 Å². The third-order valence-electron chi connectivity index (χ3n) is 4.07. The maximum Gasteiger partial charge on any atom is 0.235 e. The first-order chi connectivity index (χ1) is 8.64. The molecule has 2 rings (SSSR count). The minimum Gasteiger partial charge on any atom is -0.325 e. The Morgan fingerprint density at radius 2 is 1.94 bits per heavy atom. The van der Waals surface area contributed by atoms with Gasteiger partial charge in [-0.1, -0.05) is 18.2 Å². The summed E-state index contributed by atoms with van der Waals surface area (Å²) in [5.74, 6) is 0.180. The van der Waals surface area contributed by atoms with E-state index in [1.807, 2.05) is 32.1 Å². The van der Waals surface area contributed by atoms with Crippen molar-refractivity contribution >= 4 is 5.91 Å². The van der Waals surface area contributed by atoms with Gasteiger partial charge in [0.1, 0.15) is 0 Å². The molecule has 0 aromatic carbocycles. The van der Waals surface area contributed by atoms with E-state index in [-0.39, 0.29) is 11.3 Å². The lowest BCUT2D eigenvalue weighted by Gasteiger charge is -2.36. The van der Waals surface area contributed by atoms with Gasteiger partial charge in [0, 0.05) is 5.70 Å². The number of nitrogens with zero attached hydrogens (tertiary/aromatic N) is 1. The highest BCUT2D eigenvalue weighted by molar-refractivity contribution is 5.94. The number of carbonyl (C=O) groups is 1. The summed E-state index contributed by atoms with van der Waals surface area (Å²) in [6.45, 7) is 5.98. The molecule has 0 aromatic heterocycles. The van der Waals surface area contributed by atoms with Crippen LogP contribution in [0.2, 0.25) is 0 Å². The number of hydrogen-bond donors (Lipinski definition) is 1. The van der Waals surface area contributed by atoms with Crippen molar-refractivity contribution in [3.63, 3.8) is 0 Å². The molecule has 0 bridgehead atoms. The van der Waals surface area contributed by atoms with E-state index in [0.717, 1.165) is 31.6 Å². The van der Waals surface area contributed by atoms with Crippen LogP contribution in [-0.2, 0) is 4.79 Å². The summed E-state index contributed by atoms with van der Waals surface area (Å²) in [7, 11) is 2.12. The lowest BCUT2D eigenvalue weighted by Crippen LogP contribution is -2.43. The van der Waals surface area contributed by atoms with Crippen LogP contribution in [0, 0.1) is 5.41 Å². The Labute approximate surface area is 109 Å². The molecule has 1 spiro atoms. The first kappa shape index (κ1) is 13.1. The Bertz CT molecular complexity index is 424. The highest BCUT2D eigenvalue weighted by atomic mass is 16.2. The fourth-order valence-corrected chi connectivity index (χ4v) is 2.94. The van der Waals surface area contributed by atoms with E-state index in [0.29, 0.717) is 0 Å². The number of nitrogens with one attached hydrogen (secondary N) is 1. The highest BCUT2D eigenvalue weighted by Gasteiger charge is 2.49. The minimum atomic E-state index is -0.283. The van der Waals surface area contributed by atoms with Crippen LogP contribution in [0.3, 0.4) is 0 Å². The quantitative estimate of drug-likeness (QED) is 0.769. The molecule has 18 heavy (non-hydrogen) atoms.